The molecule has 38 heavy (non-hydrogen) atoms. The Hall–Kier alpha value is -4.05. The zero-order chi connectivity index (χ0) is 28.6. The van der Waals surface area contributed by atoms with E-state index in [2.05, 4.69) is 23.1 Å². The second kappa shape index (κ2) is 13.0. The minimum absolute atomic E-state index is 0.0435. The van der Waals surface area contributed by atoms with Gasteiger partial charge in [0.15, 0.2) is 0 Å². The molecule has 7 heteroatoms. The van der Waals surface area contributed by atoms with Crippen LogP contribution in [0, 0.1) is 32.1 Å². The van der Waals surface area contributed by atoms with Gasteiger partial charge >= 0.3 is 6.09 Å². The lowest BCUT2D eigenvalue weighted by molar-refractivity contribution is -0.141. The summed E-state index contributed by atoms with van der Waals surface area (Å²) in [5.41, 5.74) is 2.67. The van der Waals surface area contributed by atoms with Crippen molar-refractivity contribution in [1.82, 2.24) is 10.2 Å². The molecule has 0 saturated heterocycles. The minimum Gasteiger partial charge on any atom is -0.444 e. The molecular formula is C31H39N3O4. The van der Waals surface area contributed by atoms with Gasteiger partial charge in [-0.15, -0.1) is 13.0 Å². The molecule has 2 atom stereocenters. The van der Waals surface area contributed by atoms with Crippen molar-refractivity contribution in [2.45, 2.75) is 66.2 Å². The van der Waals surface area contributed by atoms with E-state index < -0.39 is 35.6 Å². The van der Waals surface area contributed by atoms with Gasteiger partial charge in [0.25, 0.3) is 5.91 Å². The van der Waals surface area contributed by atoms with Gasteiger partial charge in [-0.3, -0.25) is 9.59 Å². The number of ether oxygens (including phenoxy) is 1. The fraction of sp³-hybridized carbons (Fsp3) is 0.387. The van der Waals surface area contributed by atoms with Crippen LogP contribution in [-0.2, 0) is 14.3 Å². The van der Waals surface area contributed by atoms with Crippen LogP contribution in [0.2, 0.25) is 0 Å². The van der Waals surface area contributed by atoms with E-state index in [1.807, 2.05) is 45.9 Å². The van der Waals surface area contributed by atoms with E-state index in [1.165, 1.54) is 4.90 Å². The van der Waals surface area contributed by atoms with E-state index in [0.717, 1.165) is 11.1 Å². The fourth-order valence-corrected chi connectivity index (χ4v) is 4.11. The lowest BCUT2D eigenvalue weighted by Crippen LogP contribution is -2.54. The lowest BCUT2D eigenvalue weighted by atomic mass is 9.95. The van der Waals surface area contributed by atoms with Gasteiger partial charge in [-0.25, -0.2) is 4.79 Å². The molecular weight excluding hydrogens is 478 g/mol. The highest BCUT2D eigenvalue weighted by molar-refractivity contribution is 6.00. The Morgan fingerprint density at radius 2 is 1.68 bits per heavy atom. The highest BCUT2D eigenvalue weighted by atomic mass is 16.6. The Labute approximate surface area is 226 Å². The number of para-hydroxylation sites is 1. The predicted octanol–water partition coefficient (Wildman–Crippen LogP) is 5.53. The summed E-state index contributed by atoms with van der Waals surface area (Å²) >= 11 is 0. The number of terminal acetylenes is 1. The molecule has 0 spiro atoms. The SMILES string of the molecule is C#Cc1ccccc1C(C(=O)Nc1c(C)cccc1C)N(CC=C)C(=O)C(NC(=O)OC(C)(C)C)C(C)C. The maximum atomic E-state index is 14.1. The molecule has 2 rings (SSSR count). The first-order chi connectivity index (χ1) is 17.8. The van der Waals surface area contributed by atoms with Crippen LogP contribution in [0.15, 0.2) is 55.1 Å². The van der Waals surface area contributed by atoms with E-state index in [9.17, 15) is 14.4 Å². The van der Waals surface area contributed by atoms with Crippen molar-refractivity contribution < 1.29 is 19.1 Å². The number of nitrogens with one attached hydrogen (secondary N) is 2. The van der Waals surface area contributed by atoms with Gasteiger partial charge in [-0.2, -0.15) is 0 Å². The Bertz CT molecular complexity index is 1200. The largest absolute Gasteiger partial charge is 0.444 e. The summed E-state index contributed by atoms with van der Waals surface area (Å²) in [6, 6.07) is 10.7. The number of rotatable bonds is 9. The molecule has 0 bridgehead atoms. The smallest absolute Gasteiger partial charge is 0.408 e. The van der Waals surface area contributed by atoms with Gasteiger partial charge < -0.3 is 20.3 Å². The Balaban J connectivity index is 2.61. The van der Waals surface area contributed by atoms with Gasteiger partial charge in [0, 0.05) is 17.8 Å². The van der Waals surface area contributed by atoms with Gasteiger partial charge in [0.1, 0.15) is 17.7 Å². The second-order valence-corrected chi connectivity index (χ2v) is 10.5. The van der Waals surface area contributed by atoms with E-state index >= 15 is 0 Å². The van der Waals surface area contributed by atoms with Gasteiger partial charge in [0.2, 0.25) is 5.91 Å². The summed E-state index contributed by atoms with van der Waals surface area (Å²) in [6.07, 6.45) is 6.62. The van der Waals surface area contributed by atoms with Crippen LogP contribution in [0.5, 0.6) is 0 Å². The van der Waals surface area contributed by atoms with Crippen LogP contribution in [0.4, 0.5) is 10.5 Å². The van der Waals surface area contributed by atoms with Crippen molar-refractivity contribution in [2.24, 2.45) is 5.92 Å². The molecule has 202 valence electrons. The second-order valence-electron chi connectivity index (χ2n) is 10.5. The van der Waals surface area contributed by atoms with Crippen LogP contribution in [0.1, 0.15) is 62.9 Å². The molecule has 0 saturated carbocycles. The monoisotopic (exact) mass is 517 g/mol. The standard InChI is InChI=1S/C31H39N3O4/c1-10-19-34(29(36)25(20(3)4)33-30(37)38-31(7,8)9)27(24-18-13-12-17-23(24)11-2)28(35)32-26-21(5)15-14-16-22(26)6/h2,10,12-18,20,25,27H,1,19H2,3-9H3,(H,32,35)(H,33,37). The molecule has 2 aromatic carbocycles. The Kier molecular flexibility index (Phi) is 10.3. The summed E-state index contributed by atoms with van der Waals surface area (Å²) < 4.78 is 5.40. The van der Waals surface area contributed by atoms with E-state index in [-0.39, 0.29) is 12.5 Å². The number of alkyl carbamates (subject to hydrolysis) is 1. The number of amides is 3. The van der Waals surface area contributed by atoms with Crippen molar-refractivity contribution in [1.29, 1.82) is 0 Å². The average Bonchev–Trinajstić information content (AvgIpc) is 2.83. The maximum Gasteiger partial charge on any atom is 0.408 e. The molecule has 0 aliphatic rings. The third-order valence-corrected chi connectivity index (χ3v) is 5.91. The van der Waals surface area contributed by atoms with Gasteiger partial charge in [-0.05, 0) is 63.3 Å². The Morgan fingerprint density at radius 3 is 2.21 bits per heavy atom. The van der Waals surface area contributed by atoms with Gasteiger partial charge in [0.05, 0.1) is 0 Å². The highest BCUT2D eigenvalue weighted by Gasteiger charge is 2.38. The molecule has 7 nitrogen and oxygen atoms in total. The van der Waals surface area contributed by atoms with Crippen LogP contribution in [0.25, 0.3) is 0 Å². The summed E-state index contributed by atoms with van der Waals surface area (Å²) in [5, 5.41) is 5.71. The third kappa shape index (κ3) is 7.72. The van der Waals surface area contributed by atoms with E-state index in [0.29, 0.717) is 16.8 Å². The predicted molar refractivity (Wildman–Crippen MR) is 152 cm³/mol. The van der Waals surface area contributed by atoms with Crippen LogP contribution < -0.4 is 10.6 Å². The fourth-order valence-electron chi connectivity index (χ4n) is 4.11. The van der Waals surface area contributed by atoms with Crippen LogP contribution >= 0.6 is 0 Å². The molecule has 2 N–H and O–H groups in total. The molecule has 0 heterocycles. The minimum atomic E-state index is -1.09. The highest BCUT2D eigenvalue weighted by Crippen LogP contribution is 2.29. The molecule has 0 aliphatic carbocycles. The number of anilines is 1. The molecule has 0 fully saturated rings. The van der Waals surface area contributed by atoms with E-state index in [1.54, 1.807) is 51.1 Å². The number of aryl methyl sites for hydroxylation is 2. The van der Waals surface area contributed by atoms with E-state index in [4.69, 9.17) is 11.2 Å². The normalized spacial score (nSPS) is 12.6. The number of hydrogen-bond acceptors (Lipinski definition) is 4. The molecule has 2 aromatic rings. The van der Waals surface area contributed by atoms with Crippen LogP contribution in [0.3, 0.4) is 0 Å². The molecule has 0 aliphatic heterocycles. The quantitative estimate of drug-likeness (QED) is 0.338. The first-order valence-corrected chi connectivity index (χ1v) is 12.6. The van der Waals surface area contributed by atoms with Crippen molar-refractivity contribution in [3.8, 4) is 12.3 Å². The molecule has 3 amide bonds. The zero-order valence-electron chi connectivity index (χ0n) is 23.4. The number of carbonyl (C=O) groups is 3. The zero-order valence-corrected chi connectivity index (χ0v) is 23.4. The first kappa shape index (κ1) is 30.2. The number of benzene rings is 2. The van der Waals surface area contributed by atoms with Crippen molar-refractivity contribution in [3.05, 3.63) is 77.4 Å². The molecule has 2 unspecified atom stereocenters. The summed E-state index contributed by atoms with van der Waals surface area (Å²) in [7, 11) is 0. The number of hydrogen-bond donors (Lipinski definition) is 2. The number of nitrogens with zero attached hydrogens (tertiary/aromatic N) is 1. The lowest BCUT2D eigenvalue weighted by Gasteiger charge is -2.35. The Morgan fingerprint density at radius 1 is 1.08 bits per heavy atom. The summed E-state index contributed by atoms with van der Waals surface area (Å²) in [4.78, 5) is 42.1. The first-order valence-electron chi connectivity index (χ1n) is 12.6. The number of carbonyl (C=O) groups excluding carboxylic acids is 3. The average molecular weight is 518 g/mol. The molecule has 0 aromatic heterocycles. The summed E-state index contributed by atoms with van der Waals surface area (Å²) in [5.74, 6) is 1.44. The molecule has 0 radical (unpaired) electrons. The van der Waals surface area contributed by atoms with Crippen LogP contribution in [-0.4, -0.2) is 41.0 Å². The third-order valence-electron chi connectivity index (χ3n) is 5.91. The topological polar surface area (TPSA) is 87.7 Å². The maximum absolute atomic E-state index is 14.1. The van der Waals surface area contributed by atoms with Crippen molar-refractivity contribution in [2.75, 3.05) is 11.9 Å². The van der Waals surface area contributed by atoms with Crippen molar-refractivity contribution in [3.63, 3.8) is 0 Å². The van der Waals surface area contributed by atoms with Gasteiger partial charge in [-0.1, -0.05) is 62.2 Å². The summed E-state index contributed by atoms with van der Waals surface area (Å²) in [6.45, 7) is 16.5. The van der Waals surface area contributed by atoms with Crippen molar-refractivity contribution >= 4 is 23.6 Å².